The van der Waals surface area contributed by atoms with Gasteiger partial charge in [-0.15, -0.1) is 0 Å². The van der Waals surface area contributed by atoms with E-state index in [2.05, 4.69) is 117 Å². The maximum Gasteiger partial charge on any atom is -0.0114 e. The molecule has 0 radical (unpaired) electrons. The highest BCUT2D eigenvalue weighted by molar-refractivity contribution is 7.80. The summed E-state index contributed by atoms with van der Waals surface area (Å²) in [5.74, 6) is 1.50. The van der Waals surface area contributed by atoms with E-state index in [1.54, 1.807) is 0 Å². The second-order valence-corrected chi connectivity index (χ2v) is 12.1. The molecule has 1 heteroatoms. The van der Waals surface area contributed by atoms with Crippen molar-refractivity contribution in [2.24, 2.45) is 0 Å². The summed E-state index contributed by atoms with van der Waals surface area (Å²) in [6.45, 7) is 20.7. The van der Waals surface area contributed by atoms with Crippen LogP contribution in [-0.4, -0.2) is 0 Å². The predicted molar refractivity (Wildman–Crippen MR) is 142 cm³/mol. The van der Waals surface area contributed by atoms with Crippen LogP contribution < -0.4 is 15.9 Å². The maximum absolute atomic E-state index is 2.47. The number of benzene rings is 3. The Balaban J connectivity index is 2.46. The molecule has 0 N–H and O–H groups in total. The molecular weight excluding hydrogens is 391 g/mol. The first kappa shape index (κ1) is 23.7. The third-order valence-electron chi connectivity index (χ3n) is 6.15. The standard InChI is InChI=1S/C30H39P/c1-19(2)25-13-10-22(7)16-28(25)31(29-17-23(8)11-14-26(29)20(3)4)30-18-24(9)12-15-27(30)21(5)6/h10-21H,1-9H3. The second-order valence-electron chi connectivity index (χ2n) is 9.99. The summed E-state index contributed by atoms with van der Waals surface area (Å²) in [6.07, 6.45) is 0. The molecule has 0 saturated heterocycles. The van der Waals surface area contributed by atoms with Gasteiger partial charge in [-0.2, -0.15) is 0 Å². The quantitative estimate of drug-likeness (QED) is 0.351. The summed E-state index contributed by atoms with van der Waals surface area (Å²) in [6, 6.07) is 21.4. The van der Waals surface area contributed by atoms with E-state index in [1.807, 2.05) is 0 Å². The van der Waals surface area contributed by atoms with Gasteiger partial charge in [0, 0.05) is 0 Å². The summed E-state index contributed by atoms with van der Waals surface area (Å²) >= 11 is 0. The van der Waals surface area contributed by atoms with Crippen LogP contribution in [0.2, 0.25) is 0 Å². The first-order chi connectivity index (χ1) is 14.6. The topological polar surface area (TPSA) is 0 Å². The zero-order valence-corrected chi connectivity index (χ0v) is 21.8. The maximum atomic E-state index is 2.47. The van der Waals surface area contributed by atoms with Crippen LogP contribution in [-0.2, 0) is 0 Å². The van der Waals surface area contributed by atoms with Crippen LogP contribution in [0.15, 0.2) is 54.6 Å². The Labute approximate surface area is 191 Å². The highest BCUT2D eigenvalue weighted by Crippen LogP contribution is 2.41. The summed E-state index contributed by atoms with van der Waals surface area (Å²) in [5.41, 5.74) is 8.52. The van der Waals surface area contributed by atoms with Gasteiger partial charge in [-0.25, -0.2) is 0 Å². The molecule has 0 heterocycles. The van der Waals surface area contributed by atoms with E-state index in [4.69, 9.17) is 0 Å². The molecule has 164 valence electrons. The minimum atomic E-state index is -0.654. The van der Waals surface area contributed by atoms with E-state index in [-0.39, 0.29) is 0 Å². The summed E-state index contributed by atoms with van der Waals surface area (Å²) in [5, 5.41) is 4.60. The molecule has 0 aliphatic rings. The number of rotatable bonds is 6. The average Bonchev–Trinajstić information content (AvgIpc) is 2.67. The van der Waals surface area contributed by atoms with Gasteiger partial charge >= 0.3 is 0 Å². The van der Waals surface area contributed by atoms with E-state index in [0.717, 1.165) is 0 Å². The van der Waals surface area contributed by atoms with Gasteiger partial charge in [-0.3, -0.25) is 0 Å². The Morgan fingerprint density at radius 3 is 0.935 bits per heavy atom. The molecule has 0 spiro atoms. The van der Waals surface area contributed by atoms with Crippen molar-refractivity contribution >= 4 is 23.8 Å². The molecule has 0 fully saturated rings. The SMILES string of the molecule is Cc1ccc(C(C)C)c(P(c2cc(C)ccc2C(C)C)c2cc(C)ccc2C(C)C)c1. The average molecular weight is 431 g/mol. The molecule has 0 atom stereocenters. The molecular formula is C30H39P. The summed E-state index contributed by atoms with van der Waals surface area (Å²) in [7, 11) is -0.654. The number of aryl methyl sites for hydroxylation is 3. The van der Waals surface area contributed by atoms with E-state index < -0.39 is 7.92 Å². The van der Waals surface area contributed by atoms with Crippen LogP contribution in [0.4, 0.5) is 0 Å². The van der Waals surface area contributed by atoms with E-state index >= 15 is 0 Å². The first-order valence-corrected chi connectivity index (χ1v) is 13.1. The second kappa shape index (κ2) is 9.70. The highest BCUT2D eigenvalue weighted by atomic mass is 31.1. The first-order valence-electron chi connectivity index (χ1n) is 11.7. The van der Waals surface area contributed by atoms with Gasteiger partial charge in [0.05, 0.1) is 0 Å². The molecule has 0 bridgehead atoms. The van der Waals surface area contributed by atoms with Crippen molar-refractivity contribution in [1.29, 1.82) is 0 Å². The van der Waals surface area contributed by atoms with Crippen LogP contribution in [0.3, 0.4) is 0 Å². The van der Waals surface area contributed by atoms with Gasteiger partial charge in [0.25, 0.3) is 0 Å². The van der Waals surface area contributed by atoms with Crippen molar-refractivity contribution in [2.45, 2.75) is 80.1 Å². The van der Waals surface area contributed by atoms with Crippen molar-refractivity contribution in [2.75, 3.05) is 0 Å². The van der Waals surface area contributed by atoms with Gasteiger partial charge in [0.1, 0.15) is 0 Å². The Morgan fingerprint density at radius 1 is 0.452 bits per heavy atom. The molecule has 0 aliphatic carbocycles. The van der Waals surface area contributed by atoms with Crippen LogP contribution >= 0.6 is 7.92 Å². The largest absolute Gasteiger partial charge is 0.0590 e. The summed E-state index contributed by atoms with van der Waals surface area (Å²) in [4.78, 5) is 0. The van der Waals surface area contributed by atoms with Crippen LogP contribution in [0.25, 0.3) is 0 Å². The fourth-order valence-corrected chi connectivity index (χ4v) is 7.95. The lowest BCUT2D eigenvalue weighted by molar-refractivity contribution is 0.869. The molecule has 0 amide bonds. The van der Waals surface area contributed by atoms with Crippen molar-refractivity contribution in [3.63, 3.8) is 0 Å². The molecule has 0 aromatic heterocycles. The minimum Gasteiger partial charge on any atom is -0.0590 e. The lowest BCUT2D eigenvalue weighted by Crippen LogP contribution is -2.29. The number of hydrogen-bond donors (Lipinski definition) is 0. The minimum absolute atomic E-state index is 0.500. The Morgan fingerprint density at radius 2 is 0.710 bits per heavy atom. The lowest BCUT2D eigenvalue weighted by atomic mass is 10.0. The molecule has 3 aromatic carbocycles. The van der Waals surface area contributed by atoms with E-state index in [0.29, 0.717) is 17.8 Å². The predicted octanol–water partition coefficient (Wildman–Crippen LogP) is 7.74. The molecule has 31 heavy (non-hydrogen) atoms. The van der Waals surface area contributed by atoms with Crippen LogP contribution in [0.1, 0.15) is 92.7 Å². The summed E-state index contributed by atoms with van der Waals surface area (Å²) < 4.78 is 0. The zero-order valence-electron chi connectivity index (χ0n) is 20.9. The fraction of sp³-hybridized carbons (Fsp3) is 0.400. The highest BCUT2D eigenvalue weighted by Gasteiger charge is 2.27. The normalized spacial score (nSPS) is 11.9. The molecule has 0 saturated carbocycles. The fourth-order valence-electron chi connectivity index (χ4n) is 4.40. The Kier molecular flexibility index (Phi) is 7.43. The van der Waals surface area contributed by atoms with Crippen molar-refractivity contribution in [3.05, 3.63) is 88.0 Å². The molecule has 3 aromatic rings. The van der Waals surface area contributed by atoms with Crippen molar-refractivity contribution < 1.29 is 0 Å². The van der Waals surface area contributed by atoms with Crippen molar-refractivity contribution in [1.82, 2.24) is 0 Å². The molecule has 3 rings (SSSR count). The zero-order chi connectivity index (χ0) is 22.9. The monoisotopic (exact) mass is 430 g/mol. The third kappa shape index (κ3) is 5.12. The van der Waals surface area contributed by atoms with Gasteiger partial charge < -0.3 is 0 Å². The van der Waals surface area contributed by atoms with Crippen LogP contribution in [0, 0.1) is 20.8 Å². The van der Waals surface area contributed by atoms with Gasteiger partial charge in [0.2, 0.25) is 0 Å². The van der Waals surface area contributed by atoms with Crippen molar-refractivity contribution in [3.8, 4) is 0 Å². The Bertz CT molecular complexity index is 919. The van der Waals surface area contributed by atoms with E-state index in [1.165, 1.54) is 49.3 Å². The van der Waals surface area contributed by atoms with Gasteiger partial charge in [0.15, 0.2) is 0 Å². The molecule has 0 unspecified atom stereocenters. The molecule has 0 aliphatic heterocycles. The van der Waals surface area contributed by atoms with Gasteiger partial charge in [-0.1, -0.05) is 113 Å². The van der Waals surface area contributed by atoms with Gasteiger partial charge in [-0.05, 0) is 79.1 Å². The lowest BCUT2D eigenvalue weighted by Gasteiger charge is -2.30. The Hall–Kier alpha value is -1.91. The smallest absolute Gasteiger partial charge is 0.0114 e. The molecule has 0 nitrogen and oxygen atoms in total. The van der Waals surface area contributed by atoms with E-state index in [9.17, 15) is 0 Å². The number of hydrogen-bond acceptors (Lipinski definition) is 0. The third-order valence-corrected chi connectivity index (χ3v) is 8.75. The van der Waals surface area contributed by atoms with Crippen LogP contribution in [0.5, 0.6) is 0 Å².